The third-order valence-corrected chi connectivity index (χ3v) is 4.96. The average Bonchev–Trinajstić information content (AvgIpc) is 2.85. The highest BCUT2D eigenvalue weighted by Crippen LogP contribution is 2.33. The average molecular weight is 350 g/mol. The van der Waals surface area contributed by atoms with Crippen molar-refractivity contribution in [2.24, 2.45) is 11.8 Å². The van der Waals surface area contributed by atoms with E-state index in [1.165, 1.54) is 0 Å². The Morgan fingerprint density at radius 3 is 2.68 bits per heavy atom. The zero-order chi connectivity index (χ0) is 18.7. The molecule has 0 spiro atoms. The summed E-state index contributed by atoms with van der Waals surface area (Å²) in [6.07, 6.45) is 14.2. The monoisotopic (exact) mass is 350 g/mol. The summed E-state index contributed by atoms with van der Waals surface area (Å²) >= 11 is 0. The lowest BCUT2D eigenvalue weighted by Gasteiger charge is -2.22. The van der Waals surface area contributed by atoms with Crippen LogP contribution in [0.3, 0.4) is 0 Å². The Kier molecular flexibility index (Phi) is 9.94. The first-order valence-electron chi connectivity index (χ1n) is 9.46. The molecule has 0 bridgehead atoms. The third-order valence-electron chi connectivity index (χ3n) is 4.96. The third kappa shape index (κ3) is 7.27. The van der Waals surface area contributed by atoms with Crippen LogP contribution in [0.15, 0.2) is 37.0 Å². The summed E-state index contributed by atoms with van der Waals surface area (Å²) in [7, 11) is 0. The maximum atomic E-state index is 12.2. The van der Waals surface area contributed by atoms with E-state index in [0.717, 1.165) is 25.7 Å². The Labute approximate surface area is 152 Å². The van der Waals surface area contributed by atoms with Crippen LogP contribution >= 0.6 is 0 Å². The van der Waals surface area contributed by atoms with E-state index >= 15 is 0 Å². The van der Waals surface area contributed by atoms with Gasteiger partial charge in [0, 0.05) is 24.9 Å². The molecule has 0 radical (unpaired) electrons. The minimum absolute atomic E-state index is 0.106. The summed E-state index contributed by atoms with van der Waals surface area (Å²) < 4.78 is 0. The van der Waals surface area contributed by atoms with Gasteiger partial charge in [-0.3, -0.25) is 4.79 Å². The molecule has 0 aromatic heterocycles. The number of hydrogen-bond acceptors (Lipinski definition) is 4. The first kappa shape index (κ1) is 21.8. The van der Waals surface area contributed by atoms with E-state index in [9.17, 15) is 15.0 Å². The van der Waals surface area contributed by atoms with Crippen molar-refractivity contribution in [3.05, 3.63) is 37.0 Å². The highest BCUT2D eigenvalue weighted by Gasteiger charge is 2.39. The summed E-state index contributed by atoms with van der Waals surface area (Å²) in [5.74, 6) is -0.275. The molecule has 0 aliphatic heterocycles. The molecular formula is C21H34O4. The minimum Gasteiger partial charge on any atom is -0.396 e. The molecule has 0 aromatic rings. The van der Waals surface area contributed by atoms with E-state index in [1.807, 2.05) is 31.2 Å². The zero-order valence-electron chi connectivity index (χ0n) is 15.4. The number of hydrogen-bond donors (Lipinski definition) is 3. The molecule has 4 atom stereocenters. The number of ketones is 1. The molecule has 4 nitrogen and oxygen atoms in total. The van der Waals surface area contributed by atoms with Gasteiger partial charge in [-0.2, -0.15) is 0 Å². The Morgan fingerprint density at radius 1 is 1.28 bits per heavy atom. The van der Waals surface area contributed by atoms with Gasteiger partial charge in [0.15, 0.2) is 0 Å². The molecule has 0 heterocycles. The fourth-order valence-corrected chi connectivity index (χ4v) is 3.41. The highest BCUT2D eigenvalue weighted by atomic mass is 16.3. The first-order valence-corrected chi connectivity index (χ1v) is 9.46. The summed E-state index contributed by atoms with van der Waals surface area (Å²) in [4.78, 5) is 12.2. The molecule has 4 heteroatoms. The summed E-state index contributed by atoms with van der Waals surface area (Å²) in [6, 6.07) is 0. The van der Waals surface area contributed by atoms with Gasteiger partial charge in [0.25, 0.3) is 0 Å². The number of carbonyl (C=O) groups excluding carboxylic acids is 1. The van der Waals surface area contributed by atoms with Crippen LogP contribution in [0, 0.1) is 11.8 Å². The van der Waals surface area contributed by atoms with Crippen molar-refractivity contribution in [3.8, 4) is 0 Å². The molecule has 0 aromatic carbocycles. The van der Waals surface area contributed by atoms with Crippen LogP contribution in [0.4, 0.5) is 0 Å². The SMILES string of the molecule is C=CC(O)(CC=C[C@H]1[C@H](O)CC(=O)[C@@H]1CC=CCCCCO)CCC. The van der Waals surface area contributed by atoms with Crippen molar-refractivity contribution in [2.75, 3.05) is 6.61 Å². The lowest BCUT2D eigenvalue weighted by atomic mass is 9.88. The number of aliphatic hydroxyl groups is 3. The predicted molar refractivity (Wildman–Crippen MR) is 101 cm³/mol. The van der Waals surface area contributed by atoms with Crippen molar-refractivity contribution in [3.63, 3.8) is 0 Å². The van der Waals surface area contributed by atoms with Gasteiger partial charge in [0.05, 0.1) is 11.7 Å². The summed E-state index contributed by atoms with van der Waals surface area (Å²) in [6.45, 7) is 5.93. The Hall–Kier alpha value is -1.23. The topological polar surface area (TPSA) is 77.8 Å². The molecule has 1 saturated carbocycles. The van der Waals surface area contributed by atoms with E-state index in [0.29, 0.717) is 19.3 Å². The molecule has 1 fully saturated rings. The van der Waals surface area contributed by atoms with Crippen LogP contribution in [-0.2, 0) is 4.79 Å². The molecule has 25 heavy (non-hydrogen) atoms. The summed E-state index contributed by atoms with van der Waals surface area (Å²) in [5.41, 5.74) is -0.916. The van der Waals surface area contributed by atoms with Crippen LogP contribution in [0.25, 0.3) is 0 Å². The maximum absolute atomic E-state index is 12.2. The van der Waals surface area contributed by atoms with E-state index in [-0.39, 0.29) is 30.6 Å². The Morgan fingerprint density at radius 2 is 2.04 bits per heavy atom. The molecule has 1 rings (SSSR count). The zero-order valence-corrected chi connectivity index (χ0v) is 15.4. The molecule has 0 saturated heterocycles. The van der Waals surface area contributed by atoms with Gasteiger partial charge in [-0.05, 0) is 38.5 Å². The van der Waals surface area contributed by atoms with Crippen LogP contribution < -0.4 is 0 Å². The van der Waals surface area contributed by atoms with Crippen molar-refractivity contribution < 1.29 is 20.1 Å². The van der Waals surface area contributed by atoms with Gasteiger partial charge in [-0.1, -0.05) is 43.7 Å². The van der Waals surface area contributed by atoms with Crippen molar-refractivity contribution >= 4 is 5.78 Å². The van der Waals surface area contributed by atoms with Gasteiger partial charge in [-0.25, -0.2) is 0 Å². The van der Waals surface area contributed by atoms with Gasteiger partial charge in [0.2, 0.25) is 0 Å². The van der Waals surface area contributed by atoms with Crippen molar-refractivity contribution in [1.29, 1.82) is 0 Å². The highest BCUT2D eigenvalue weighted by molar-refractivity contribution is 5.84. The van der Waals surface area contributed by atoms with Crippen molar-refractivity contribution in [1.82, 2.24) is 0 Å². The predicted octanol–water partition coefficient (Wildman–Crippen LogP) is 3.32. The number of unbranched alkanes of at least 4 members (excludes halogenated alkanes) is 2. The maximum Gasteiger partial charge on any atom is 0.139 e. The Balaban J connectivity index is 2.60. The number of allylic oxidation sites excluding steroid dienone is 2. The smallest absolute Gasteiger partial charge is 0.139 e. The molecule has 142 valence electrons. The standard InChI is InChI=1S/C21H34O4/c1-3-13-21(25,4-2)14-10-12-18-17(19(23)16-20(18)24)11-8-6-5-7-9-15-22/h4,6,8,10,12,17-18,20,22,24-25H,2-3,5,7,9,11,13-16H2,1H3/t17-,18-,20-,21?/m1/s1. The van der Waals surface area contributed by atoms with Crippen LogP contribution in [-0.4, -0.2) is 39.4 Å². The van der Waals surface area contributed by atoms with E-state index in [4.69, 9.17) is 5.11 Å². The fourth-order valence-electron chi connectivity index (χ4n) is 3.41. The number of aliphatic hydroxyl groups excluding tert-OH is 2. The number of Topliss-reactive ketones (excluding diaryl/α,β-unsaturated/α-hetero) is 1. The molecule has 1 unspecified atom stereocenters. The van der Waals surface area contributed by atoms with E-state index in [1.54, 1.807) is 6.08 Å². The molecule has 3 N–H and O–H groups in total. The van der Waals surface area contributed by atoms with Gasteiger partial charge in [0.1, 0.15) is 5.78 Å². The molecule has 1 aliphatic rings. The Bertz CT molecular complexity index is 469. The van der Waals surface area contributed by atoms with Gasteiger partial charge < -0.3 is 15.3 Å². The van der Waals surface area contributed by atoms with Crippen LogP contribution in [0.5, 0.6) is 0 Å². The second-order valence-electron chi connectivity index (χ2n) is 7.04. The second kappa shape index (κ2) is 11.4. The van der Waals surface area contributed by atoms with Crippen molar-refractivity contribution in [2.45, 2.75) is 70.0 Å². The molecule has 1 aliphatic carbocycles. The normalized spacial score (nSPS) is 26.6. The van der Waals surface area contributed by atoms with Crippen LogP contribution in [0.2, 0.25) is 0 Å². The summed E-state index contributed by atoms with van der Waals surface area (Å²) in [5, 5.41) is 29.3. The number of carbonyl (C=O) groups is 1. The second-order valence-corrected chi connectivity index (χ2v) is 7.04. The first-order chi connectivity index (χ1) is 12.0. The van der Waals surface area contributed by atoms with Gasteiger partial charge in [-0.15, -0.1) is 6.58 Å². The number of rotatable bonds is 12. The van der Waals surface area contributed by atoms with E-state index in [2.05, 4.69) is 6.58 Å². The largest absolute Gasteiger partial charge is 0.396 e. The van der Waals surface area contributed by atoms with Crippen LogP contribution in [0.1, 0.15) is 58.3 Å². The van der Waals surface area contributed by atoms with Gasteiger partial charge >= 0.3 is 0 Å². The lowest BCUT2D eigenvalue weighted by molar-refractivity contribution is -0.121. The quantitative estimate of drug-likeness (QED) is 0.373. The fraction of sp³-hybridized carbons (Fsp3) is 0.667. The molecule has 0 amide bonds. The van der Waals surface area contributed by atoms with E-state index < -0.39 is 11.7 Å². The molecular weight excluding hydrogens is 316 g/mol. The lowest BCUT2D eigenvalue weighted by Crippen LogP contribution is -2.24. The minimum atomic E-state index is -0.916.